The first-order chi connectivity index (χ1) is 7.65. The SMILES string of the molecule is N=C(N)SCc1nnc(-c2ccc(Br)s2)o1. The molecule has 0 saturated heterocycles. The number of rotatable bonds is 3. The summed E-state index contributed by atoms with van der Waals surface area (Å²) < 4.78 is 6.44. The van der Waals surface area contributed by atoms with Crippen molar-refractivity contribution in [2.75, 3.05) is 0 Å². The lowest BCUT2D eigenvalue weighted by molar-refractivity contribution is 0.530. The Morgan fingerprint density at radius 3 is 3.00 bits per heavy atom. The number of hydrogen-bond donors (Lipinski definition) is 2. The highest BCUT2D eigenvalue weighted by atomic mass is 79.9. The van der Waals surface area contributed by atoms with Gasteiger partial charge in [-0.05, 0) is 28.1 Å². The van der Waals surface area contributed by atoms with E-state index in [-0.39, 0.29) is 5.17 Å². The van der Waals surface area contributed by atoms with Gasteiger partial charge < -0.3 is 10.2 Å². The van der Waals surface area contributed by atoms with Crippen molar-refractivity contribution in [3.8, 4) is 10.8 Å². The third-order valence-corrected chi connectivity index (χ3v) is 3.92. The fraction of sp³-hybridized carbons (Fsp3) is 0.125. The Morgan fingerprint density at radius 2 is 2.38 bits per heavy atom. The average molecular weight is 319 g/mol. The Kier molecular flexibility index (Phi) is 3.62. The van der Waals surface area contributed by atoms with Crippen LogP contribution in [0.15, 0.2) is 20.3 Å². The number of nitrogens with two attached hydrogens (primary N) is 1. The van der Waals surface area contributed by atoms with Crippen LogP contribution in [0.3, 0.4) is 0 Å². The Hall–Kier alpha value is -0.860. The highest BCUT2D eigenvalue weighted by Crippen LogP contribution is 2.30. The minimum atomic E-state index is 0.0404. The van der Waals surface area contributed by atoms with E-state index in [0.29, 0.717) is 17.5 Å². The highest BCUT2D eigenvalue weighted by molar-refractivity contribution is 9.11. The van der Waals surface area contributed by atoms with Gasteiger partial charge >= 0.3 is 0 Å². The topological polar surface area (TPSA) is 88.8 Å². The molecule has 2 rings (SSSR count). The summed E-state index contributed by atoms with van der Waals surface area (Å²) in [5.74, 6) is 1.39. The van der Waals surface area contributed by atoms with Crippen molar-refractivity contribution in [3.63, 3.8) is 0 Å². The molecule has 84 valence electrons. The normalized spacial score (nSPS) is 10.6. The summed E-state index contributed by atoms with van der Waals surface area (Å²) in [6.45, 7) is 0. The van der Waals surface area contributed by atoms with Crippen molar-refractivity contribution in [3.05, 3.63) is 21.8 Å². The molecule has 2 heterocycles. The molecule has 0 aliphatic rings. The van der Waals surface area contributed by atoms with E-state index in [0.717, 1.165) is 20.4 Å². The first-order valence-electron chi connectivity index (χ1n) is 4.20. The number of aromatic nitrogens is 2. The predicted molar refractivity (Wildman–Crippen MR) is 68.5 cm³/mol. The number of nitrogens with one attached hydrogen (secondary N) is 1. The lowest BCUT2D eigenvalue weighted by atomic mass is 10.5. The minimum Gasteiger partial charge on any atom is -0.419 e. The lowest BCUT2D eigenvalue weighted by Crippen LogP contribution is -2.03. The molecule has 0 bridgehead atoms. The number of amidine groups is 1. The van der Waals surface area contributed by atoms with E-state index >= 15 is 0 Å². The van der Waals surface area contributed by atoms with Gasteiger partial charge in [0.2, 0.25) is 5.89 Å². The van der Waals surface area contributed by atoms with E-state index in [1.165, 1.54) is 11.3 Å². The van der Waals surface area contributed by atoms with Gasteiger partial charge in [-0.3, -0.25) is 5.41 Å². The van der Waals surface area contributed by atoms with E-state index in [1.54, 1.807) is 0 Å². The number of thiophene rings is 1. The fourth-order valence-corrected chi connectivity index (χ4v) is 2.68. The third-order valence-electron chi connectivity index (χ3n) is 1.60. The number of nitrogens with zero attached hydrogens (tertiary/aromatic N) is 2. The molecule has 2 aromatic rings. The van der Waals surface area contributed by atoms with Crippen molar-refractivity contribution in [2.45, 2.75) is 5.75 Å². The second-order valence-corrected chi connectivity index (χ2v) is 6.24. The van der Waals surface area contributed by atoms with E-state index in [9.17, 15) is 0 Å². The van der Waals surface area contributed by atoms with Crippen molar-refractivity contribution >= 4 is 44.2 Å². The molecule has 3 N–H and O–H groups in total. The third kappa shape index (κ3) is 2.83. The second kappa shape index (κ2) is 4.98. The van der Waals surface area contributed by atoms with Gasteiger partial charge in [-0.15, -0.1) is 21.5 Å². The fourth-order valence-electron chi connectivity index (χ4n) is 0.980. The molecule has 2 aromatic heterocycles. The molecule has 0 aliphatic carbocycles. The molecule has 0 amide bonds. The van der Waals surface area contributed by atoms with Crippen LogP contribution in [0.2, 0.25) is 0 Å². The molecule has 0 fully saturated rings. The van der Waals surface area contributed by atoms with Crippen LogP contribution in [-0.4, -0.2) is 15.4 Å². The van der Waals surface area contributed by atoms with Crippen LogP contribution in [-0.2, 0) is 5.75 Å². The largest absolute Gasteiger partial charge is 0.419 e. The molecule has 0 spiro atoms. The van der Waals surface area contributed by atoms with Crippen LogP contribution in [0, 0.1) is 5.41 Å². The molecule has 16 heavy (non-hydrogen) atoms. The summed E-state index contributed by atoms with van der Waals surface area (Å²) in [5, 5.41) is 14.9. The van der Waals surface area contributed by atoms with Crippen LogP contribution >= 0.6 is 39.0 Å². The number of halogens is 1. The number of hydrogen-bond acceptors (Lipinski definition) is 6. The minimum absolute atomic E-state index is 0.0404. The first-order valence-corrected chi connectivity index (χ1v) is 6.79. The molecule has 0 aromatic carbocycles. The monoisotopic (exact) mass is 318 g/mol. The average Bonchev–Trinajstić information content (AvgIpc) is 2.83. The van der Waals surface area contributed by atoms with Gasteiger partial charge in [0.1, 0.15) is 0 Å². The summed E-state index contributed by atoms with van der Waals surface area (Å²) in [7, 11) is 0. The summed E-state index contributed by atoms with van der Waals surface area (Å²) in [5.41, 5.74) is 5.21. The van der Waals surface area contributed by atoms with Crippen molar-refractivity contribution in [2.24, 2.45) is 5.73 Å². The van der Waals surface area contributed by atoms with Crippen molar-refractivity contribution in [1.29, 1.82) is 5.41 Å². The summed E-state index contributed by atoms with van der Waals surface area (Å²) in [4.78, 5) is 0.915. The zero-order valence-corrected chi connectivity index (χ0v) is 11.2. The van der Waals surface area contributed by atoms with Crippen LogP contribution in [0.4, 0.5) is 0 Å². The van der Waals surface area contributed by atoms with Gasteiger partial charge in [-0.25, -0.2) is 0 Å². The smallest absolute Gasteiger partial charge is 0.257 e. The quantitative estimate of drug-likeness (QED) is 0.671. The van der Waals surface area contributed by atoms with Crippen molar-refractivity contribution in [1.82, 2.24) is 10.2 Å². The molecule has 0 saturated carbocycles. The summed E-state index contributed by atoms with van der Waals surface area (Å²) in [6.07, 6.45) is 0. The van der Waals surface area contributed by atoms with Gasteiger partial charge in [0.15, 0.2) is 5.17 Å². The van der Waals surface area contributed by atoms with Gasteiger partial charge in [0.05, 0.1) is 14.4 Å². The molecule has 0 aliphatic heterocycles. The van der Waals surface area contributed by atoms with E-state index in [2.05, 4.69) is 26.1 Å². The summed E-state index contributed by atoms with van der Waals surface area (Å²) in [6, 6.07) is 3.83. The molecular formula is C8H7BrN4OS2. The number of thioether (sulfide) groups is 1. The predicted octanol–water partition coefficient (Wildman–Crippen LogP) is 2.69. The summed E-state index contributed by atoms with van der Waals surface area (Å²) >= 11 is 6.05. The van der Waals surface area contributed by atoms with Crippen LogP contribution in [0.1, 0.15) is 5.89 Å². The molecular weight excluding hydrogens is 312 g/mol. The van der Waals surface area contributed by atoms with Crippen molar-refractivity contribution < 1.29 is 4.42 Å². The Balaban J connectivity index is 2.10. The second-order valence-electron chi connectivity index (χ2n) is 2.76. The van der Waals surface area contributed by atoms with Gasteiger partial charge in [-0.1, -0.05) is 11.8 Å². The van der Waals surface area contributed by atoms with Gasteiger partial charge in [0, 0.05) is 0 Å². The van der Waals surface area contributed by atoms with Crippen LogP contribution < -0.4 is 5.73 Å². The molecule has 0 radical (unpaired) electrons. The molecule has 8 heteroatoms. The van der Waals surface area contributed by atoms with Crippen LogP contribution in [0.25, 0.3) is 10.8 Å². The lowest BCUT2D eigenvalue weighted by Gasteiger charge is -1.91. The maximum absolute atomic E-state index is 7.06. The maximum atomic E-state index is 7.06. The van der Waals surface area contributed by atoms with E-state index in [4.69, 9.17) is 15.6 Å². The Labute approximate surface area is 108 Å². The first kappa shape index (κ1) is 11.6. The van der Waals surface area contributed by atoms with Crippen LogP contribution in [0.5, 0.6) is 0 Å². The molecule has 0 atom stereocenters. The van der Waals surface area contributed by atoms with E-state index < -0.39 is 0 Å². The molecule has 5 nitrogen and oxygen atoms in total. The maximum Gasteiger partial charge on any atom is 0.257 e. The van der Waals surface area contributed by atoms with Gasteiger partial charge in [-0.2, -0.15) is 0 Å². The van der Waals surface area contributed by atoms with E-state index in [1.807, 2.05) is 12.1 Å². The standard InChI is InChI=1S/C8H7BrN4OS2/c9-5-2-1-4(16-5)7-13-12-6(14-7)3-15-8(10)11/h1-2H,3H2,(H3,10,11). The Bertz CT molecular complexity index is 510. The zero-order chi connectivity index (χ0) is 11.5. The zero-order valence-electron chi connectivity index (χ0n) is 7.94. The molecule has 0 unspecified atom stereocenters. The highest BCUT2D eigenvalue weighted by Gasteiger charge is 2.10. The Morgan fingerprint density at radius 1 is 1.56 bits per heavy atom. The van der Waals surface area contributed by atoms with Gasteiger partial charge in [0.25, 0.3) is 5.89 Å².